The summed E-state index contributed by atoms with van der Waals surface area (Å²) in [5, 5.41) is 3.43. The van der Waals surface area contributed by atoms with Crippen molar-refractivity contribution in [3.63, 3.8) is 0 Å². The zero-order valence-electron chi connectivity index (χ0n) is 16.8. The zero-order chi connectivity index (χ0) is 19.3. The first kappa shape index (κ1) is 18.2. The van der Waals surface area contributed by atoms with Crippen LogP contribution >= 0.6 is 0 Å². The van der Waals surface area contributed by atoms with E-state index in [1.54, 1.807) is 6.20 Å². The van der Waals surface area contributed by atoms with Crippen molar-refractivity contribution in [2.45, 2.75) is 46.1 Å². The Kier molecular flexibility index (Phi) is 4.38. The standard InChI is InChI=1S/C22H28FN3O/c1-13-14(2)21-18(15(3)20(13)26-10-8-24-9-11-26)19(22(4,5)27-21)16-6-7-17(23)25-12-16/h6-7,12,19,24H,8-11H2,1-5H3. The van der Waals surface area contributed by atoms with Gasteiger partial charge in [0.25, 0.3) is 0 Å². The van der Waals surface area contributed by atoms with Crippen molar-refractivity contribution in [1.29, 1.82) is 0 Å². The van der Waals surface area contributed by atoms with Crippen molar-refractivity contribution in [2.75, 3.05) is 31.1 Å². The summed E-state index contributed by atoms with van der Waals surface area (Å²) in [5.74, 6) is 0.568. The van der Waals surface area contributed by atoms with Crippen LogP contribution in [0.2, 0.25) is 0 Å². The van der Waals surface area contributed by atoms with Gasteiger partial charge in [0.15, 0.2) is 0 Å². The molecular weight excluding hydrogens is 341 g/mol. The van der Waals surface area contributed by atoms with Crippen molar-refractivity contribution in [2.24, 2.45) is 0 Å². The van der Waals surface area contributed by atoms with E-state index in [1.807, 2.05) is 6.07 Å². The average Bonchev–Trinajstić information content (AvgIpc) is 2.93. The van der Waals surface area contributed by atoms with Gasteiger partial charge in [-0.2, -0.15) is 4.39 Å². The van der Waals surface area contributed by atoms with Gasteiger partial charge in [-0.3, -0.25) is 0 Å². The SMILES string of the molecule is Cc1c(C)c(N2CCNCC2)c(C)c2c1OC(C)(C)C2c1ccc(F)nc1. The van der Waals surface area contributed by atoms with E-state index in [1.165, 1.54) is 34.0 Å². The predicted octanol–water partition coefficient (Wildman–Crippen LogP) is 3.86. The van der Waals surface area contributed by atoms with Gasteiger partial charge in [0, 0.05) is 43.6 Å². The number of hydrogen-bond acceptors (Lipinski definition) is 4. The normalized spacial score (nSPS) is 21.1. The van der Waals surface area contributed by atoms with Gasteiger partial charge in [-0.1, -0.05) is 6.07 Å². The zero-order valence-corrected chi connectivity index (χ0v) is 16.8. The maximum atomic E-state index is 13.4. The first-order valence-electron chi connectivity index (χ1n) is 9.71. The third-order valence-electron chi connectivity index (χ3n) is 6.13. The molecule has 1 N–H and O–H groups in total. The summed E-state index contributed by atoms with van der Waals surface area (Å²) in [7, 11) is 0. The Labute approximate surface area is 160 Å². The van der Waals surface area contributed by atoms with E-state index < -0.39 is 11.5 Å². The fourth-order valence-corrected chi connectivity index (χ4v) is 4.77. The maximum absolute atomic E-state index is 13.4. The Morgan fingerprint density at radius 2 is 1.81 bits per heavy atom. The van der Waals surface area contributed by atoms with Gasteiger partial charge in [-0.05, 0) is 62.9 Å². The average molecular weight is 369 g/mol. The van der Waals surface area contributed by atoms with Crippen molar-refractivity contribution in [1.82, 2.24) is 10.3 Å². The molecule has 3 heterocycles. The van der Waals surface area contributed by atoms with Gasteiger partial charge in [-0.25, -0.2) is 4.98 Å². The molecule has 5 heteroatoms. The molecule has 1 aromatic carbocycles. The van der Waals surface area contributed by atoms with E-state index in [0.717, 1.165) is 37.5 Å². The highest BCUT2D eigenvalue weighted by Crippen LogP contribution is 2.53. The number of pyridine rings is 1. The van der Waals surface area contributed by atoms with Crippen LogP contribution in [0.25, 0.3) is 0 Å². The van der Waals surface area contributed by atoms with Crippen LogP contribution in [0.1, 0.15) is 47.6 Å². The highest BCUT2D eigenvalue weighted by Gasteiger charge is 2.45. The van der Waals surface area contributed by atoms with Crippen LogP contribution in [0, 0.1) is 26.7 Å². The van der Waals surface area contributed by atoms with Crippen LogP contribution in [-0.4, -0.2) is 36.8 Å². The number of piperazine rings is 1. The first-order valence-corrected chi connectivity index (χ1v) is 9.71. The molecule has 144 valence electrons. The fourth-order valence-electron chi connectivity index (χ4n) is 4.77. The topological polar surface area (TPSA) is 37.4 Å². The van der Waals surface area contributed by atoms with Gasteiger partial charge in [-0.15, -0.1) is 0 Å². The summed E-state index contributed by atoms with van der Waals surface area (Å²) < 4.78 is 19.9. The molecule has 2 aliphatic heterocycles. The summed E-state index contributed by atoms with van der Waals surface area (Å²) in [4.78, 5) is 6.39. The number of rotatable bonds is 2. The van der Waals surface area contributed by atoms with Gasteiger partial charge in [0.1, 0.15) is 11.4 Å². The molecule has 4 nitrogen and oxygen atoms in total. The molecular formula is C22H28FN3O. The molecule has 1 fully saturated rings. The lowest BCUT2D eigenvalue weighted by molar-refractivity contribution is 0.121. The van der Waals surface area contributed by atoms with E-state index in [9.17, 15) is 4.39 Å². The molecule has 0 aliphatic carbocycles. The van der Waals surface area contributed by atoms with Gasteiger partial charge in [0.05, 0.1) is 5.92 Å². The van der Waals surface area contributed by atoms with Crippen LogP contribution in [0.15, 0.2) is 18.3 Å². The molecule has 1 aromatic heterocycles. The largest absolute Gasteiger partial charge is 0.486 e. The van der Waals surface area contributed by atoms with E-state index in [0.29, 0.717) is 0 Å². The van der Waals surface area contributed by atoms with E-state index in [4.69, 9.17) is 4.74 Å². The third-order valence-corrected chi connectivity index (χ3v) is 6.13. The highest BCUT2D eigenvalue weighted by molar-refractivity contribution is 5.72. The lowest BCUT2D eigenvalue weighted by Gasteiger charge is -2.34. The second-order valence-electron chi connectivity index (χ2n) is 8.26. The minimum Gasteiger partial charge on any atom is -0.486 e. The molecule has 2 aliphatic rings. The summed E-state index contributed by atoms with van der Waals surface area (Å²) in [6.45, 7) is 14.8. The number of benzene rings is 1. The van der Waals surface area contributed by atoms with Crippen molar-refractivity contribution >= 4 is 5.69 Å². The van der Waals surface area contributed by atoms with E-state index >= 15 is 0 Å². The molecule has 0 amide bonds. The summed E-state index contributed by atoms with van der Waals surface area (Å²) >= 11 is 0. The molecule has 27 heavy (non-hydrogen) atoms. The fraction of sp³-hybridized carbons (Fsp3) is 0.500. The number of ether oxygens (including phenoxy) is 1. The molecule has 1 saturated heterocycles. The van der Waals surface area contributed by atoms with Crippen molar-refractivity contribution in [3.8, 4) is 5.75 Å². The molecule has 4 rings (SSSR count). The molecule has 0 bridgehead atoms. The van der Waals surface area contributed by atoms with Gasteiger partial charge >= 0.3 is 0 Å². The molecule has 0 saturated carbocycles. The number of fused-ring (bicyclic) bond motifs is 1. The number of aromatic nitrogens is 1. The molecule has 1 unspecified atom stereocenters. The Morgan fingerprint density at radius 1 is 1.11 bits per heavy atom. The lowest BCUT2D eigenvalue weighted by Crippen LogP contribution is -2.44. The molecule has 0 radical (unpaired) electrons. The van der Waals surface area contributed by atoms with Gasteiger partial charge in [0.2, 0.25) is 5.95 Å². The molecule has 2 aromatic rings. The second kappa shape index (κ2) is 6.48. The molecule has 1 atom stereocenters. The number of nitrogens with one attached hydrogen (secondary N) is 1. The summed E-state index contributed by atoms with van der Waals surface area (Å²) in [6, 6.07) is 3.28. The highest BCUT2D eigenvalue weighted by atomic mass is 19.1. The lowest BCUT2D eigenvalue weighted by atomic mass is 9.79. The Balaban J connectivity index is 1.91. The smallest absolute Gasteiger partial charge is 0.212 e. The van der Waals surface area contributed by atoms with Crippen LogP contribution in [0.4, 0.5) is 10.1 Å². The van der Waals surface area contributed by atoms with E-state index in [2.05, 4.69) is 49.8 Å². The number of halogens is 1. The predicted molar refractivity (Wildman–Crippen MR) is 106 cm³/mol. The van der Waals surface area contributed by atoms with Crippen molar-refractivity contribution < 1.29 is 9.13 Å². The van der Waals surface area contributed by atoms with Crippen LogP contribution in [0.3, 0.4) is 0 Å². The summed E-state index contributed by atoms with van der Waals surface area (Å²) in [5.41, 5.74) is 6.91. The van der Waals surface area contributed by atoms with Crippen LogP contribution in [-0.2, 0) is 0 Å². The monoisotopic (exact) mass is 369 g/mol. The second-order valence-corrected chi connectivity index (χ2v) is 8.26. The minimum atomic E-state index is -0.450. The Bertz CT molecular complexity index is 870. The number of nitrogens with zero attached hydrogens (tertiary/aromatic N) is 2. The van der Waals surface area contributed by atoms with Crippen molar-refractivity contribution in [3.05, 3.63) is 52.1 Å². The Morgan fingerprint density at radius 3 is 2.44 bits per heavy atom. The van der Waals surface area contributed by atoms with Crippen LogP contribution in [0.5, 0.6) is 5.75 Å². The quantitative estimate of drug-likeness (QED) is 0.816. The summed E-state index contributed by atoms with van der Waals surface area (Å²) in [6.07, 6.45) is 1.65. The Hall–Kier alpha value is -2.14. The maximum Gasteiger partial charge on any atom is 0.212 e. The number of hydrogen-bond donors (Lipinski definition) is 1. The number of anilines is 1. The molecule has 0 spiro atoms. The third kappa shape index (κ3) is 2.89. The van der Waals surface area contributed by atoms with Crippen LogP contribution < -0.4 is 15.0 Å². The first-order chi connectivity index (χ1) is 12.8. The minimum absolute atomic E-state index is 0.0292. The van der Waals surface area contributed by atoms with Gasteiger partial charge < -0.3 is 15.0 Å². The van der Waals surface area contributed by atoms with E-state index in [-0.39, 0.29) is 5.92 Å².